The van der Waals surface area contributed by atoms with Gasteiger partial charge in [-0.05, 0) is 36.4 Å². The Bertz CT molecular complexity index is 2350. The molecule has 0 atom stereocenters. The SMILES string of the molecule is N#C/N=c1\c2cc(C(F)(F)F)ccc2c2nc3cc4nc5/c(=N/C#N)c6cc(C(F)(F)F)ccc6c5nc4cc3nc12. The molecule has 0 radical (unpaired) electrons. The number of hydrogen-bond acceptors (Lipinski definition) is 8. The highest BCUT2D eigenvalue weighted by Gasteiger charge is 2.32. The van der Waals surface area contributed by atoms with Crippen molar-refractivity contribution in [3.05, 3.63) is 70.4 Å². The third kappa shape index (κ3) is 3.62. The molecule has 2 heterocycles. The summed E-state index contributed by atoms with van der Waals surface area (Å²) >= 11 is 0. The number of nitriles is 2. The molecule has 7 rings (SSSR count). The van der Waals surface area contributed by atoms with Crippen molar-refractivity contribution < 1.29 is 26.3 Å². The number of rotatable bonds is 0. The van der Waals surface area contributed by atoms with Crippen LogP contribution in [0.25, 0.3) is 65.7 Å². The number of aromatic nitrogens is 4. The molecule has 0 aliphatic carbocycles. The van der Waals surface area contributed by atoms with Gasteiger partial charge >= 0.3 is 12.4 Å². The summed E-state index contributed by atoms with van der Waals surface area (Å²) in [5.41, 5.74) is -0.0871. The van der Waals surface area contributed by atoms with E-state index < -0.39 is 23.5 Å². The molecule has 2 aromatic heterocycles. The van der Waals surface area contributed by atoms with Crippen LogP contribution in [0.5, 0.6) is 0 Å². The van der Waals surface area contributed by atoms with E-state index in [1.54, 1.807) is 12.4 Å². The van der Waals surface area contributed by atoms with E-state index in [0.717, 1.165) is 24.3 Å². The van der Waals surface area contributed by atoms with E-state index in [1.165, 1.54) is 24.3 Å². The predicted molar refractivity (Wildman–Crippen MR) is 137 cm³/mol. The van der Waals surface area contributed by atoms with Crippen LogP contribution in [0.3, 0.4) is 0 Å². The van der Waals surface area contributed by atoms with Gasteiger partial charge < -0.3 is 0 Å². The molecule has 0 aliphatic rings. The van der Waals surface area contributed by atoms with Crippen LogP contribution in [0, 0.1) is 22.9 Å². The number of nitrogens with zero attached hydrogens (tertiary/aromatic N) is 8. The Balaban J connectivity index is 1.56. The molecular formula is C28H8F6N8. The zero-order valence-corrected chi connectivity index (χ0v) is 20.5. The second-order valence-corrected chi connectivity index (χ2v) is 9.31. The van der Waals surface area contributed by atoms with Gasteiger partial charge in [0.1, 0.15) is 21.7 Å². The molecule has 7 aromatic rings. The van der Waals surface area contributed by atoms with Gasteiger partial charge in [0.25, 0.3) is 0 Å². The second kappa shape index (κ2) is 8.37. The molecule has 0 N–H and O–H groups in total. The first-order valence-corrected chi connectivity index (χ1v) is 11.9. The maximum atomic E-state index is 13.4. The van der Waals surface area contributed by atoms with Crippen LogP contribution in [-0.2, 0) is 12.4 Å². The van der Waals surface area contributed by atoms with E-state index >= 15 is 0 Å². The molecule has 0 aliphatic heterocycles. The van der Waals surface area contributed by atoms with Gasteiger partial charge in [-0.3, -0.25) is 0 Å². The fourth-order valence-electron chi connectivity index (χ4n) is 5.14. The van der Waals surface area contributed by atoms with Crippen molar-refractivity contribution in [2.24, 2.45) is 9.98 Å². The number of benzene rings is 3. The van der Waals surface area contributed by atoms with Gasteiger partial charge in [-0.15, -0.1) is 0 Å². The molecule has 0 amide bonds. The summed E-state index contributed by atoms with van der Waals surface area (Å²) in [6.45, 7) is 0. The quantitative estimate of drug-likeness (QED) is 0.128. The standard InChI is InChI=1S/C28H8F6N8/c29-27(30,31)11-1-3-13-15(5-11)21(37-9-35)25-23(13)39-17-7-20-18(8-19(17)41-25)40-24-14-4-2-12(28(32,33)34)6-16(14)22(38-10-36)26(24)42-20/h1-8H/b37-21+,38-22+. The van der Waals surface area contributed by atoms with E-state index in [1.807, 2.05) is 0 Å². The summed E-state index contributed by atoms with van der Waals surface area (Å²) in [5, 5.41) is 19.1. The van der Waals surface area contributed by atoms with Crippen molar-refractivity contribution in [2.75, 3.05) is 0 Å². The van der Waals surface area contributed by atoms with Crippen molar-refractivity contribution in [1.29, 1.82) is 10.5 Å². The zero-order valence-electron chi connectivity index (χ0n) is 20.5. The van der Waals surface area contributed by atoms with E-state index in [9.17, 15) is 36.9 Å². The van der Waals surface area contributed by atoms with Crippen molar-refractivity contribution in [3.8, 4) is 12.4 Å². The lowest BCUT2D eigenvalue weighted by molar-refractivity contribution is -0.138. The highest BCUT2D eigenvalue weighted by atomic mass is 19.4. The molecule has 0 fully saturated rings. The van der Waals surface area contributed by atoms with Crippen LogP contribution in [0.1, 0.15) is 11.1 Å². The summed E-state index contributed by atoms with van der Waals surface area (Å²) < 4.78 is 80.4. The molecule has 0 saturated heterocycles. The Hall–Kier alpha value is -5.76. The van der Waals surface area contributed by atoms with Gasteiger partial charge in [-0.25, -0.2) is 19.9 Å². The van der Waals surface area contributed by atoms with Crippen LogP contribution in [0.4, 0.5) is 26.3 Å². The molecule has 0 spiro atoms. The smallest absolute Gasteiger partial charge is 0.244 e. The minimum Gasteiger partial charge on any atom is -0.244 e. The van der Waals surface area contributed by atoms with Gasteiger partial charge in [-0.2, -0.15) is 46.9 Å². The number of halogens is 6. The number of fused-ring (bicyclic) bond motifs is 8. The van der Waals surface area contributed by atoms with Crippen LogP contribution in [0.15, 0.2) is 58.5 Å². The van der Waals surface area contributed by atoms with Crippen LogP contribution < -0.4 is 10.7 Å². The minimum absolute atomic E-state index is 0.0589. The maximum absolute atomic E-state index is 13.4. The first-order chi connectivity index (χ1) is 20.0. The predicted octanol–water partition coefficient (Wildman–Crippen LogP) is 5.86. The van der Waals surface area contributed by atoms with Gasteiger partial charge in [0.2, 0.25) is 12.4 Å². The monoisotopic (exact) mass is 570 g/mol. The van der Waals surface area contributed by atoms with E-state index in [2.05, 4.69) is 29.9 Å². The summed E-state index contributed by atoms with van der Waals surface area (Å²) in [6.07, 6.45) is -6.03. The Morgan fingerprint density at radius 3 is 1.19 bits per heavy atom. The molecule has 0 saturated carbocycles. The highest BCUT2D eigenvalue weighted by molar-refractivity contribution is 6.12. The van der Waals surface area contributed by atoms with Gasteiger partial charge in [0.05, 0.1) is 44.2 Å². The topological polar surface area (TPSA) is 124 Å². The lowest BCUT2D eigenvalue weighted by atomic mass is 10.1. The Kier molecular flexibility index (Phi) is 5.03. The van der Waals surface area contributed by atoms with Crippen LogP contribution >= 0.6 is 0 Å². The van der Waals surface area contributed by atoms with Crippen molar-refractivity contribution >= 4 is 65.7 Å². The first kappa shape index (κ1) is 25.2. The minimum atomic E-state index is -4.62. The second-order valence-electron chi connectivity index (χ2n) is 9.31. The number of hydrogen-bond donors (Lipinski definition) is 0. The molecular weight excluding hydrogens is 562 g/mol. The molecule has 0 bridgehead atoms. The lowest BCUT2D eigenvalue weighted by Gasteiger charge is -2.06. The van der Waals surface area contributed by atoms with Crippen LogP contribution in [0.2, 0.25) is 0 Å². The fraction of sp³-hybridized carbons (Fsp3) is 0.0714. The summed E-state index contributed by atoms with van der Waals surface area (Å²) in [4.78, 5) is 25.7. The molecule has 202 valence electrons. The summed E-state index contributed by atoms with van der Waals surface area (Å²) in [5.74, 6) is 0. The third-order valence-corrected chi connectivity index (χ3v) is 6.94. The third-order valence-electron chi connectivity index (χ3n) is 6.94. The van der Waals surface area contributed by atoms with Gasteiger partial charge in [0.15, 0.2) is 0 Å². The Morgan fingerprint density at radius 1 is 0.500 bits per heavy atom. The highest BCUT2D eigenvalue weighted by Crippen LogP contribution is 2.35. The van der Waals surface area contributed by atoms with Gasteiger partial charge in [-0.1, -0.05) is 12.1 Å². The average molecular weight is 570 g/mol. The largest absolute Gasteiger partial charge is 0.416 e. The lowest BCUT2D eigenvalue weighted by Crippen LogP contribution is -2.06. The van der Waals surface area contributed by atoms with Crippen molar-refractivity contribution in [3.63, 3.8) is 0 Å². The summed E-state index contributed by atoms with van der Waals surface area (Å²) in [6, 6.07) is 9.09. The first-order valence-electron chi connectivity index (χ1n) is 11.9. The Labute approximate surface area is 227 Å². The van der Waals surface area contributed by atoms with E-state index in [0.29, 0.717) is 10.8 Å². The maximum Gasteiger partial charge on any atom is 0.416 e. The molecule has 8 nitrogen and oxygen atoms in total. The van der Waals surface area contributed by atoms with E-state index in [-0.39, 0.29) is 65.6 Å². The average Bonchev–Trinajstić information content (AvgIpc) is 3.40. The molecule has 42 heavy (non-hydrogen) atoms. The molecule has 14 heteroatoms. The zero-order chi connectivity index (χ0) is 29.6. The number of alkyl halides is 6. The fourth-order valence-corrected chi connectivity index (χ4v) is 5.14. The molecule has 5 aromatic carbocycles. The normalized spacial score (nSPS) is 13.7. The summed E-state index contributed by atoms with van der Waals surface area (Å²) in [7, 11) is 0. The van der Waals surface area contributed by atoms with Crippen molar-refractivity contribution in [1.82, 2.24) is 19.9 Å². The van der Waals surface area contributed by atoms with Crippen molar-refractivity contribution in [2.45, 2.75) is 12.4 Å². The Morgan fingerprint density at radius 2 is 0.857 bits per heavy atom. The van der Waals surface area contributed by atoms with Crippen LogP contribution in [-0.4, -0.2) is 19.9 Å². The van der Waals surface area contributed by atoms with Gasteiger partial charge in [0, 0.05) is 21.5 Å². The molecule has 0 unspecified atom stereocenters. The van der Waals surface area contributed by atoms with E-state index in [4.69, 9.17) is 0 Å².